The van der Waals surface area contributed by atoms with Crippen LogP contribution in [-0.2, 0) is 11.2 Å². The minimum absolute atomic E-state index is 0. The SMILES string of the molecule is CCNC(=NCCCN1CCCC(C(N)=O)C1)NCCc1cccs1.I. The van der Waals surface area contributed by atoms with E-state index in [-0.39, 0.29) is 35.8 Å². The van der Waals surface area contributed by atoms with Crippen molar-refractivity contribution in [1.29, 1.82) is 0 Å². The van der Waals surface area contributed by atoms with Crippen molar-refractivity contribution in [2.45, 2.75) is 32.6 Å². The van der Waals surface area contributed by atoms with Crippen LogP contribution >= 0.6 is 35.3 Å². The van der Waals surface area contributed by atoms with Crippen LogP contribution in [0, 0.1) is 5.92 Å². The number of nitrogens with one attached hydrogen (secondary N) is 2. The summed E-state index contributed by atoms with van der Waals surface area (Å²) in [5.74, 6) is 0.744. The number of carbonyl (C=O) groups is 1. The number of halogens is 1. The quantitative estimate of drug-likeness (QED) is 0.213. The number of nitrogens with zero attached hydrogens (tertiary/aromatic N) is 2. The molecule has 26 heavy (non-hydrogen) atoms. The molecule has 0 aliphatic carbocycles. The number of rotatable bonds is 9. The van der Waals surface area contributed by atoms with E-state index in [4.69, 9.17) is 5.73 Å². The largest absolute Gasteiger partial charge is 0.369 e. The maximum atomic E-state index is 11.3. The number of hydrogen-bond acceptors (Lipinski definition) is 4. The van der Waals surface area contributed by atoms with Gasteiger partial charge in [-0.25, -0.2) is 0 Å². The molecule has 4 N–H and O–H groups in total. The zero-order chi connectivity index (χ0) is 17.9. The Labute approximate surface area is 178 Å². The molecule has 1 aromatic heterocycles. The van der Waals surface area contributed by atoms with Gasteiger partial charge in [-0.3, -0.25) is 9.79 Å². The van der Waals surface area contributed by atoms with Crippen molar-refractivity contribution in [2.24, 2.45) is 16.6 Å². The third-order valence-corrected chi connectivity index (χ3v) is 5.33. The van der Waals surface area contributed by atoms with Gasteiger partial charge < -0.3 is 21.3 Å². The van der Waals surface area contributed by atoms with E-state index in [1.165, 1.54) is 4.88 Å². The van der Waals surface area contributed by atoms with Gasteiger partial charge in [0, 0.05) is 31.1 Å². The highest BCUT2D eigenvalue weighted by atomic mass is 127. The van der Waals surface area contributed by atoms with Crippen LogP contribution in [0.5, 0.6) is 0 Å². The monoisotopic (exact) mass is 493 g/mol. The molecule has 1 amide bonds. The van der Waals surface area contributed by atoms with Gasteiger partial charge in [-0.05, 0) is 57.1 Å². The number of aliphatic imine (C=N–C) groups is 1. The molecule has 1 atom stereocenters. The lowest BCUT2D eigenvalue weighted by Gasteiger charge is -2.30. The van der Waals surface area contributed by atoms with Crippen LogP contribution in [0.25, 0.3) is 0 Å². The molecule has 6 nitrogen and oxygen atoms in total. The first-order chi connectivity index (χ1) is 12.2. The van der Waals surface area contributed by atoms with E-state index >= 15 is 0 Å². The number of likely N-dealkylation sites (tertiary alicyclic amines) is 1. The standard InChI is InChI=1S/C18H31N5OS.HI/c1-2-20-18(22-10-8-16-7-4-13-25-16)21-9-5-12-23-11-3-6-15(14-23)17(19)24;/h4,7,13,15H,2-3,5-6,8-12,14H2,1H3,(H2,19,24)(H2,20,21,22);1H. The van der Waals surface area contributed by atoms with Crippen LogP contribution in [0.2, 0.25) is 0 Å². The number of thiophene rings is 1. The van der Waals surface area contributed by atoms with E-state index in [1.807, 2.05) is 0 Å². The minimum Gasteiger partial charge on any atom is -0.369 e. The summed E-state index contributed by atoms with van der Waals surface area (Å²) in [5.41, 5.74) is 5.44. The Kier molecular flexibility index (Phi) is 11.9. The molecule has 148 valence electrons. The first kappa shape index (κ1) is 23.2. The van der Waals surface area contributed by atoms with Crippen molar-refractivity contribution in [2.75, 3.05) is 39.3 Å². The fourth-order valence-corrected chi connectivity index (χ4v) is 3.79. The maximum absolute atomic E-state index is 11.3. The van der Waals surface area contributed by atoms with Crippen LogP contribution in [-0.4, -0.2) is 56.0 Å². The van der Waals surface area contributed by atoms with Gasteiger partial charge in [0.25, 0.3) is 0 Å². The number of nitrogens with two attached hydrogens (primary N) is 1. The summed E-state index contributed by atoms with van der Waals surface area (Å²) in [5, 5.41) is 8.79. The van der Waals surface area contributed by atoms with Crippen molar-refractivity contribution in [3.63, 3.8) is 0 Å². The molecule has 1 aliphatic heterocycles. The molecule has 1 fully saturated rings. The van der Waals surface area contributed by atoms with E-state index in [2.05, 4.69) is 45.0 Å². The third kappa shape index (κ3) is 8.68. The number of guanidine groups is 1. The van der Waals surface area contributed by atoms with Gasteiger partial charge in [0.1, 0.15) is 0 Å². The fraction of sp³-hybridized carbons (Fsp3) is 0.667. The Hall–Kier alpha value is -0.870. The van der Waals surface area contributed by atoms with Crippen LogP contribution in [0.15, 0.2) is 22.5 Å². The number of piperidine rings is 1. The van der Waals surface area contributed by atoms with E-state index in [9.17, 15) is 4.79 Å². The third-order valence-electron chi connectivity index (χ3n) is 4.40. The Balaban J connectivity index is 0.00000338. The molecule has 0 radical (unpaired) electrons. The first-order valence-corrected chi connectivity index (χ1v) is 10.1. The van der Waals surface area contributed by atoms with Crippen molar-refractivity contribution < 1.29 is 4.79 Å². The summed E-state index contributed by atoms with van der Waals surface area (Å²) in [6.45, 7) is 7.45. The van der Waals surface area contributed by atoms with Crippen molar-refractivity contribution in [1.82, 2.24) is 15.5 Å². The molecular formula is C18H32IN5OS. The Morgan fingerprint density at radius 2 is 2.31 bits per heavy atom. The van der Waals surface area contributed by atoms with Gasteiger partial charge in [0.05, 0.1) is 5.92 Å². The van der Waals surface area contributed by atoms with Crippen LogP contribution in [0.3, 0.4) is 0 Å². The molecular weight excluding hydrogens is 461 g/mol. The molecule has 8 heteroatoms. The van der Waals surface area contributed by atoms with Gasteiger partial charge in [0.15, 0.2) is 5.96 Å². The highest BCUT2D eigenvalue weighted by Gasteiger charge is 2.23. The molecule has 0 spiro atoms. The molecule has 0 saturated carbocycles. The number of primary amides is 1. The first-order valence-electron chi connectivity index (χ1n) is 9.25. The van der Waals surface area contributed by atoms with E-state index in [0.29, 0.717) is 0 Å². The average Bonchev–Trinajstić information content (AvgIpc) is 3.12. The zero-order valence-electron chi connectivity index (χ0n) is 15.6. The highest BCUT2D eigenvalue weighted by Crippen LogP contribution is 2.15. The van der Waals surface area contributed by atoms with Crippen molar-refractivity contribution in [3.8, 4) is 0 Å². The molecule has 2 heterocycles. The number of carbonyl (C=O) groups excluding carboxylic acids is 1. The predicted octanol–water partition coefficient (Wildman–Crippen LogP) is 2.05. The summed E-state index contributed by atoms with van der Waals surface area (Å²) in [4.78, 5) is 19.7. The Morgan fingerprint density at radius 1 is 1.46 bits per heavy atom. The van der Waals surface area contributed by atoms with Crippen LogP contribution < -0.4 is 16.4 Å². The smallest absolute Gasteiger partial charge is 0.221 e. The number of hydrogen-bond donors (Lipinski definition) is 3. The van der Waals surface area contributed by atoms with Crippen molar-refractivity contribution >= 4 is 47.2 Å². The fourth-order valence-electron chi connectivity index (χ4n) is 3.08. The van der Waals surface area contributed by atoms with Gasteiger partial charge in [-0.15, -0.1) is 35.3 Å². The van der Waals surface area contributed by atoms with Crippen molar-refractivity contribution in [3.05, 3.63) is 22.4 Å². The lowest BCUT2D eigenvalue weighted by Crippen LogP contribution is -2.41. The van der Waals surface area contributed by atoms with E-state index < -0.39 is 0 Å². The molecule has 0 aromatic carbocycles. The Bertz CT molecular complexity index is 538. The van der Waals surface area contributed by atoms with E-state index in [0.717, 1.165) is 70.9 Å². The summed E-state index contributed by atoms with van der Waals surface area (Å²) in [6.07, 6.45) is 4.00. The van der Waals surface area contributed by atoms with Gasteiger partial charge >= 0.3 is 0 Å². The summed E-state index contributed by atoms with van der Waals surface area (Å²) in [6, 6.07) is 4.25. The second kappa shape index (κ2) is 13.3. The summed E-state index contributed by atoms with van der Waals surface area (Å²) in [7, 11) is 0. The van der Waals surface area contributed by atoms with E-state index in [1.54, 1.807) is 11.3 Å². The second-order valence-corrected chi connectivity index (χ2v) is 7.44. The number of amides is 1. The highest BCUT2D eigenvalue weighted by molar-refractivity contribution is 14.0. The topological polar surface area (TPSA) is 82.8 Å². The minimum atomic E-state index is -0.160. The molecule has 1 saturated heterocycles. The summed E-state index contributed by atoms with van der Waals surface area (Å²) >= 11 is 1.79. The van der Waals surface area contributed by atoms with Crippen LogP contribution in [0.1, 0.15) is 31.1 Å². The molecule has 0 bridgehead atoms. The van der Waals surface area contributed by atoms with Gasteiger partial charge in [-0.2, -0.15) is 0 Å². The molecule has 2 rings (SSSR count). The maximum Gasteiger partial charge on any atom is 0.221 e. The van der Waals surface area contributed by atoms with Crippen LogP contribution in [0.4, 0.5) is 0 Å². The lowest BCUT2D eigenvalue weighted by molar-refractivity contribution is -0.123. The second-order valence-electron chi connectivity index (χ2n) is 6.41. The normalized spacial score (nSPS) is 18.2. The Morgan fingerprint density at radius 3 is 3.00 bits per heavy atom. The zero-order valence-corrected chi connectivity index (χ0v) is 18.7. The average molecular weight is 493 g/mol. The molecule has 1 aliphatic rings. The lowest BCUT2D eigenvalue weighted by atomic mass is 9.97. The van der Waals surface area contributed by atoms with Gasteiger partial charge in [0.2, 0.25) is 5.91 Å². The predicted molar refractivity (Wildman–Crippen MR) is 120 cm³/mol. The summed E-state index contributed by atoms with van der Waals surface area (Å²) < 4.78 is 0. The molecule has 1 unspecified atom stereocenters. The van der Waals surface area contributed by atoms with Gasteiger partial charge in [-0.1, -0.05) is 6.07 Å². The molecule has 1 aromatic rings.